The molecule has 0 radical (unpaired) electrons. The summed E-state index contributed by atoms with van der Waals surface area (Å²) in [7, 11) is 3.57. The van der Waals surface area contributed by atoms with Gasteiger partial charge >= 0.3 is 0 Å². The molecule has 1 aromatic heterocycles. The number of nitrogens with zero attached hydrogens (tertiary/aromatic N) is 2. The third kappa shape index (κ3) is 3.30. The van der Waals surface area contributed by atoms with Crippen molar-refractivity contribution >= 4 is 11.8 Å². The van der Waals surface area contributed by atoms with Crippen LogP contribution in [-0.4, -0.2) is 22.6 Å². The fraction of sp³-hybridized carbons (Fsp3) is 0.500. The van der Waals surface area contributed by atoms with Gasteiger partial charge in [0.25, 0.3) is 0 Å². The highest BCUT2D eigenvalue weighted by Crippen LogP contribution is 2.37. The van der Waals surface area contributed by atoms with Crippen LogP contribution in [0.3, 0.4) is 0 Å². The molecule has 4 nitrogen and oxygen atoms in total. The zero-order valence-corrected chi connectivity index (χ0v) is 15.4. The molecule has 0 saturated heterocycles. The number of benzene rings is 1. The van der Waals surface area contributed by atoms with Gasteiger partial charge in [0.15, 0.2) is 0 Å². The van der Waals surface area contributed by atoms with Crippen LogP contribution < -0.4 is 10.1 Å². The summed E-state index contributed by atoms with van der Waals surface area (Å²) in [5.74, 6) is 1.97. The van der Waals surface area contributed by atoms with Crippen LogP contribution in [0.5, 0.6) is 5.88 Å². The minimum Gasteiger partial charge on any atom is -0.481 e. The molecule has 1 atom stereocenters. The highest BCUT2D eigenvalue weighted by Gasteiger charge is 2.24. The molecule has 6 heteroatoms. The van der Waals surface area contributed by atoms with Crippen molar-refractivity contribution in [1.29, 1.82) is 0 Å². The summed E-state index contributed by atoms with van der Waals surface area (Å²) in [5, 5.41) is 8.18. The summed E-state index contributed by atoms with van der Waals surface area (Å²) in [6, 6.07) is 5.23. The van der Waals surface area contributed by atoms with Gasteiger partial charge in [-0.2, -0.15) is 5.10 Å². The van der Waals surface area contributed by atoms with Crippen LogP contribution in [0.25, 0.3) is 0 Å². The molecule has 2 heterocycles. The highest BCUT2D eigenvalue weighted by molar-refractivity contribution is 7.99. The van der Waals surface area contributed by atoms with Crippen LogP contribution in [0.15, 0.2) is 23.1 Å². The van der Waals surface area contributed by atoms with Crippen molar-refractivity contribution in [3.05, 3.63) is 40.8 Å². The van der Waals surface area contributed by atoms with E-state index in [0.29, 0.717) is 12.5 Å². The Labute approximate surface area is 146 Å². The summed E-state index contributed by atoms with van der Waals surface area (Å²) in [4.78, 5) is 1.17. The first kappa shape index (κ1) is 17.3. The minimum atomic E-state index is -0.176. The van der Waals surface area contributed by atoms with Crippen LogP contribution in [0.4, 0.5) is 4.39 Å². The van der Waals surface area contributed by atoms with Crippen molar-refractivity contribution in [3.8, 4) is 5.88 Å². The first-order valence-corrected chi connectivity index (χ1v) is 9.25. The number of fused-ring (bicyclic) bond motifs is 1. The molecule has 1 unspecified atom stereocenters. The van der Waals surface area contributed by atoms with E-state index in [1.54, 1.807) is 29.6 Å². The van der Waals surface area contributed by atoms with Crippen molar-refractivity contribution in [3.63, 3.8) is 0 Å². The number of rotatable bonds is 5. The van der Waals surface area contributed by atoms with Crippen LogP contribution in [0, 0.1) is 5.82 Å². The number of halogens is 1. The van der Waals surface area contributed by atoms with Gasteiger partial charge in [0.2, 0.25) is 5.88 Å². The number of hydrogen-bond donors (Lipinski definition) is 1. The Balaban J connectivity index is 1.84. The van der Waals surface area contributed by atoms with Crippen LogP contribution in [-0.2, 0) is 13.6 Å². The lowest BCUT2D eigenvalue weighted by Gasteiger charge is -2.26. The topological polar surface area (TPSA) is 39.1 Å². The van der Waals surface area contributed by atoms with E-state index in [1.807, 2.05) is 13.1 Å². The van der Waals surface area contributed by atoms with Crippen molar-refractivity contribution in [1.82, 2.24) is 15.1 Å². The molecule has 0 amide bonds. The van der Waals surface area contributed by atoms with E-state index in [0.717, 1.165) is 34.9 Å². The molecule has 0 fully saturated rings. The molecule has 24 heavy (non-hydrogen) atoms. The molecular weight excluding hydrogens is 325 g/mol. The number of methoxy groups -OCH3 is 1. The Hall–Kier alpha value is -1.53. The molecule has 0 bridgehead atoms. The van der Waals surface area contributed by atoms with E-state index in [9.17, 15) is 4.39 Å². The number of aromatic nitrogens is 2. The fourth-order valence-corrected chi connectivity index (χ4v) is 4.37. The Kier molecular flexibility index (Phi) is 5.15. The van der Waals surface area contributed by atoms with E-state index in [2.05, 4.69) is 24.3 Å². The predicted molar refractivity (Wildman–Crippen MR) is 95.2 cm³/mol. The standard InChI is InChI=1S/C18H24FN3OS/c1-11(2)17-14(18(23-4)22(3)21-17)10-20-15-7-8-24-16-6-5-12(19)9-13(15)16/h5-6,9,11,15,20H,7-8,10H2,1-4H3. The SMILES string of the molecule is COc1c(CNC2CCSc3ccc(F)cc32)c(C(C)C)nn1C. The third-order valence-corrected chi connectivity index (χ3v) is 5.52. The molecule has 0 aliphatic carbocycles. The van der Waals surface area contributed by atoms with E-state index >= 15 is 0 Å². The van der Waals surface area contributed by atoms with Crippen LogP contribution >= 0.6 is 11.8 Å². The number of ether oxygens (including phenoxy) is 1. The Morgan fingerprint density at radius 3 is 2.96 bits per heavy atom. The molecule has 2 aromatic rings. The summed E-state index contributed by atoms with van der Waals surface area (Å²) >= 11 is 1.79. The lowest BCUT2D eigenvalue weighted by Crippen LogP contribution is -2.25. The maximum Gasteiger partial charge on any atom is 0.216 e. The first-order chi connectivity index (χ1) is 11.5. The molecule has 130 valence electrons. The lowest BCUT2D eigenvalue weighted by molar-refractivity contribution is 0.366. The van der Waals surface area contributed by atoms with Gasteiger partial charge in [0.05, 0.1) is 18.4 Å². The quantitative estimate of drug-likeness (QED) is 0.885. The maximum atomic E-state index is 13.7. The molecule has 1 aromatic carbocycles. The number of thioether (sulfide) groups is 1. The van der Waals surface area contributed by atoms with Gasteiger partial charge in [-0.05, 0) is 41.9 Å². The molecular formula is C18H24FN3OS. The minimum absolute atomic E-state index is 0.155. The molecule has 1 aliphatic heterocycles. The largest absolute Gasteiger partial charge is 0.481 e. The zero-order valence-electron chi connectivity index (χ0n) is 14.6. The summed E-state index contributed by atoms with van der Waals surface area (Å²) in [6.07, 6.45) is 0.987. The van der Waals surface area contributed by atoms with Gasteiger partial charge in [0, 0.05) is 24.5 Å². The van der Waals surface area contributed by atoms with Crippen molar-refractivity contribution < 1.29 is 9.13 Å². The van der Waals surface area contributed by atoms with Gasteiger partial charge < -0.3 is 10.1 Å². The second-order valence-corrected chi connectivity index (χ2v) is 7.54. The summed E-state index contributed by atoms with van der Waals surface area (Å²) in [6.45, 7) is 4.93. The van der Waals surface area contributed by atoms with Crippen molar-refractivity contribution in [2.24, 2.45) is 7.05 Å². The molecule has 3 rings (SSSR count). The fourth-order valence-electron chi connectivity index (χ4n) is 3.26. The van der Waals surface area contributed by atoms with Gasteiger partial charge in [0.1, 0.15) is 5.82 Å². The lowest BCUT2D eigenvalue weighted by atomic mass is 10.0. The second-order valence-electron chi connectivity index (χ2n) is 6.40. The first-order valence-electron chi connectivity index (χ1n) is 8.26. The normalized spacial score (nSPS) is 17.2. The highest BCUT2D eigenvalue weighted by atomic mass is 32.2. The predicted octanol–water partition coefficient (Wildman–Crippen LogP) is 4.02. The maximum absolute atomic E-state index is 13.7. The summed E-state index contributed by atoms with van der Waals surface area (Å²) in [5.41, 5.74) is 3.19. The molecule has 1 N–H and O–H groups in total. The number of hydrogen-bond acceptors (Lipinski definition) is 4. The van der Waals surface area contributed by atoms with Gasteiger partial charge in [-0.3, -0.25) is 0 Å². The van der Waals surface area contributed by atoms with Gasteiger partial charge in [-0.25, -0.2) is 9.07 Å². The van der Waals surface area contributed by atoms with E-state index in [-0.39, 0.29) is 11.9 Å². The Morgan fingerprint density at radius 1 is 1.46 bits per heavy atom. The van der Waals surface area contributed by atoms with Gasteiger partial charge in [-0.1, -0.05) is 13.8 Å². The van der Waals surface area contributed by atoms with Crippen LogP contribution in [0.1, 0.15) is 49.0 Å². The second kappa shape index (κ2) is 7.15. The van der Waals surface area contributed by atoms with Crippen LogP contribution in [0.2, 0.25) is 0 Å². The third-order valence-electron chi connectivity index (χ3n) is 4.40. The smallest absolute Gasteiger partial charge is 0.216 e. The van der Waals surface area contributed by atoms with E-state index < -0.39 is 0 Å². The average molecular weight is 349 g/mol. The zero-order chi connectivity index (χ0) is 17.3. The monoisotopic (exact) mass is 349 g/mol. The molecule has 0 saturated carbocycles. The van der Waals surface area contributed by atoms with E-state index in [1.165, 1.54) is 11.0 Å². The molecule has 1 aliphatic rings. The van der Waals surface area contributed by atoms with Gasteiger partial charge in [-0.15, -0.1) is 11.8 Å². The van der Waals surface area contributed by atoms with E-state index in [4.69, 9.17) is 4.74 Å². The van der Waals surface area contributed by atoms with Crippen molar-refractivity contribution in [2.75, 3.05) is 12.9 Å². The molecule has 0 spiro atoms. The summed E-state index contributed by atoms with van der Waals surface area (Å²) < 4.78 is 21.0. The Bertz CT molecular complexity index is 729. The Morgan fingerprint density at radius 2 is 2.25 bits per heavy atom. The number of nitrogens with one attached hydrogen (secondary N) is 1. The average Bonchev–Trinajstić information content (AvgIpc) is 2.88. The van der Waals surface area contributed by atoms with Crippen molar-refractivity contribution in [2.45, 2.75) is 43.7 Å². The number of aryl methyl sites for hydroxylation is 1.